The molecule has 1 aliphatic rings. The van der Waals surface area contributed by atoms with Crippen molar-refractivity contribution in [1.29, 1.82) is 0 Å². The van der Waals surface area contributed by atoms with Gasteiger partial charge in [-0.15, -0.1) is 5.92 Å². The SMILES string of the molecule is CCCCC#CCO[C@H]1C[C@H](n2cc(C)c(=O)n(C(=O)c3ccco3)c2=O)O[C@@H]1COC(=O)C(F)(F)F. The lowest BCUT2D eigenvalue weighted by atomic mass is 10.2. The molecule has 3 rings (SSSR count). The van der Waals surface area contributed by atoms with Crippen LogP contribution in [0.25, 0.3) is 0 Å². The van der Waals surface area contributed by atoms with E-state index in [1.807, 2.05) is 6.92 Å². The first-order valence-electron chi connectivity index (χ1n) is 11.4. The maximum atomic E-state index is 13.1. The number of aryl methyl sites for hydroxylation is 1. The van der Waals surface area contributed by atoms with Gasteiger partial charge in [0.2, 0.25) is 0 Å². The molecule has 3 atom stereocenters. The third-order valence-electron chi connectivity index (χ3n) is 5.47. The van der Waals surface area contributed by atoms with Gasteiger partial charge in [0.25, 0.3) is 5.56 Å². The van der Waals surface area contributed by atoms with Gasteiger partial charge in [-0.1, -0.05) is 19.3 Å². The van der Waals surface area contributed by atoms with Crippen LogP contribution in [-0.2, 0) is 19.0 Å². The average molecular weight is 526 g/mol. The molecule has 0 N–H and O–H groups in total. The van der Waals surface area contributed by atoms with E-state index in [4.69, 9.17) is 13.9 Å². The van der Waals surface area contributed by atoms with Crippen molar-refractivity contribution in [2.24, 2.45) is 0 Å². The maximum Gasteiger partial charge on any atom is 0.490 e. The minimum atomic E-state index is -5.20. The van der Waals surface area contributed by atoms with Crippen molar-refractivity contribution in [1.82, 2.24) is 9.13 Å². The van der Waals surface area contributed by atoms with Crippen molar-refractivity contribution < 1.29 is 41.4 Å². The number of alkyl halides is 3. The molecule has 0 bridgehead atoms. The Balaban J connectivity index is 1.86. The monoisotopic (exact) mass is 526 g/mol. The van der Waals surface area contributed by atoms with Gasteiger partial charge >= 0.3 is 23.7 Å². The summed E-state index contributed by atoms with van der Waals surface area (Å²) < 4.78 is 59.9. The second-order valence-corrected chi connectivity index (χ2v) is 8.19. The molecule has 2 aromatic rings. The number of esters is 1. The van der Waals surface area contributed by atoms with Crippen molar-refractivity contribution in [3.63, 3.8) is 0 Å². The molecule has 0 spiro atoms. The molecule has 0 radical (unpaired) electrons. The van der Waals surface area contributed by atoms with Crippen molar-refractivity contribution in [2.45, 2.75) is 64.1 Å². The molecule has 0 saturated carbocycles. The Hall–Kier alpha value is -3.63. The van der Waals surface area contributed by atoms with Crippen LogP contribution in [-0.4, -0.2) is 52.6 Å². The predicted molar refractivity (Wildman–Crippen MR) is 121 cm³/mol. The van der Waals surface area contributed by atoms with Crippen LogP contribution in [0.4, 0.5) is 13.2 Å². The Kier molecular flexibility index (Phi) is 9.12. The van der Waals surface area contributed by atoms with Crippen LogP contribution < -0.4 is 11.2 Å². The van der Waals surface area contributed by atoms with E-state index in [0.29, 0.717) is 11.0 Å². The number of ether oxygens (including phenoxy) is 3. The fraction of sp³-hybridized carbons (Fsp3) is 0.500. The summed E-state index contributed by atoms with van der Waals surface area (Å²) in [5.41, 5.74) is -1.89. The Morgan fingerprint density at radius 2 is 2.00 bits per heavy atom. The van der Waals surface area contributed by atoms with Crippen LogP contribution in [0.15, 0.2) is 38.6 Å². The van der Waals surface area contributed by atoms with E-state index in [-0.39, 0.29) is 24.4 Å². The smallest absolute Gasteiger partial charge is 0.459 e. The summed E-state index contributed by atoms with van der Waals surface area (Å²) in [5.74, 6) is 2.05. The minimum absolute atomic E-state index is 0.0225. The normalized spacial score (nSPS) is 19.3. The molecule has 13 heteroatoms. The van der Waals surface area contributed by atoms with Crippen molar-refractivity contribution in [3.8, 4) is 11.8 Å². The minimum Gasteiger partial charge on any atom is -0.459 e. The van der Waals surface area contributed by atoms with Gasteiger partial charge in [0.1, 0.15) is 25.5 Å². The number of hydrogen-bond acceptors (Lipinski definition) is 8. The predicted octanol–water partition coefficient (Wildman–Crippen LogP) is 2.57. The number of carbonyl (C=O) groups excluding carboxylic acids is 2. The summed E-state index contributed by atoms with van der Waals surface area (Å²) in [7, 11) is 0. The van der Waals surface area contributed by atoms with E-state index in [1.165, 1.54) is 31.5 Å². The molecule has 10 nitrogen and oxygen atoms in total. The van der Waals surface area contributed by atoms with Crippen LogP contribution >= 0.6 is 0 Å². The van der Waals surface area contributed by atoms with Gasteiger partial charge in [-0.3, -0.25) is 14.2 Å². The summed E-state index contributed by atoms with van der Waals surface area (Å²) in [6.45, 7) is 2.51. The number of halogens is 3. The summed E-state index contributed by atoms with van der Waals surface area (Å²) in [6.07, 6.45) is -3.61. The second-order valence-electron chi connectivity index (χ2n) is 8.19. The van der Waals surface area contributed by atoms with Gasteiger partial charge in [-0.2, -0.15) is 17.7 Å². The van der Waals surface area contributed by atoms with Crippen molar-refractivity contribution in [2.75, 3.05) is 13.2 Å². The van der Waals surface area contributed by atoms with E-state index in [2.05, 4.69) is 16.6 Å². The highest BCUT2D eigenvalue weighted by Crippen LogP contribution is 2.31. The zero-order valence-corrected chi connectivity index (χ0v) is 20.1. The maximum absolute atomic E-state index is 13.1. The lowest BCUT2D eigenvalue weighted by Crippen LogP contribution is -2.45. The molecule has 200 valence electrons. The highest BCUT2D eigenvalue weighted by atomic mass is 19.4. The third-order valence-corrected chi connectivity index (χ3v) is 5.47. The van der Waals surface area contributed by atoms with Crippen LogP contribution in [0.1, 0.15) is 55.0 Å². The molecular weight excluding hydrogens is 501 g/mol. The molecule has 1 aliphatic heterocycles. The highest BCUT2D eigenvalue weighted by molar-refractivity contribution is 5.93. The fourth-order valence-electron chi connectivity index (χ4n) is 3.58. The van der Waals surface area contributed by atoms with Crippen LogP contribution in [0.3, 0.4) is 0 Å². The largest absolute Gasteiger partial charge is 0.490 e. The lowest BCUT2D eigenvalue weighted by Gasteiger charge is -2.19. The number of furan rings is 1. The Bertz CT molecular complexity index is 1280. The Morgan fingerprint density at radius 1 is 1.24 bits per heavy atom. The van der Waals surface area contributed by atoms with Crippen LogP contribution in [0.2, 0.25) is 0 Å². The van der Waals surface area contributed by atoms with Crippen LogP contribution in [0.5, 0.6) is 0 Å². The zero-order valence-electron chi connectivity index (χ0n) is 20.1. The zero-order chi connectivity index (χ0) is 27.2. The molecule has 3 heterocycles. The summed E-state index contributed by atoms with van der Waals surface area (Å²) in [6, 6.07) is 2.69. The fourth-order valence-corrected chi connectivity index (χ4v) is 3.58. The number of aromatic nitrogens is 2. The van der Waals surface area contributed by atoms with E-state index in [1.54, 1.807) is 0 Å². The lowest BCUT2D eigenvalue weighted by molar-refractivity contribution is -0.204. The molecule has 0 amide bonds. The van der Waals surface area contributed by atoms with E-state index < -0.39 is 54.3 Å². The molecule has 1 saturated heterocycles. The number of hydrogen-bond donors (Lipinski definition) is 0. The van der Waals surface area contributed by atoms with Gasteiger partial charge in [-0.25, -0.2) is 9.59 Å². The van der Waals surface area contributed by atoms with Gasteiger partial charge in [0, 0.05) is 24.6 Å². The number of nitrogens with zero attached hydrogens (tertiary/aromatic N) is 2. The second kappa shape index (κ2) is 12.1. The van der Waals surface area contributed by atoms with Gasteiger partial charge < -0.3 is 18.6 Å². The molecule has 0 unspecified atom stereocenters. The molecule has 0 aromatic carbocycles. The van der Waals surface area contributed by atoms with Gasteiger partial charge in [-0.05, 0) is 25.5 Å². The molecular formula is C24H25F3N2O8. The van der Waals surface area contributed by atoms with E-state index >= 15 is 0 Å². The molecule has 1 fully saturated rings. The number of rotatable bonds is 8. The van der Waals surface area contributed by atoms with Gasteiger partial charge in [0.15, 0.2) is 5.76 Å². The van der Waals surface area contributed by atoms with E-state index in [0.717, 1.165) is 17.4 Å². The summed E-state index contributed by atoms with van der Waals surface area (Å²) in [5, 5.41) is 0. The number of unbranched alkanes of at least 4 members (excludes halogenated alkanes) is 2. The summed E-state index contributed by atoms with van der Waals surface area (Å²) in [4.78, 5) is 49.6. The average Bonchev–Trinajstić information content (AvgIpc) is 3.52. The van der Waals surface area contributed by atoms with Crippen LogP contribution in [0, 0.1) is 18.8 Å². The Morgan fingerprint density at radius 3 is 2.65 bits per heavy atom. The molecule has 2 aromatic heterocycles. The molecule has 37 heavy (non-hydrogen) atoms. The van der Waals surface area contributed by atoms with Gasteiger partial charge in [0.05, 0.1) is 12.4 Å². The highest BCUT2D eigenvalue weighted by Gasteiger charge is 2.44. The summed E-state index contributed by atoms with van der Waals surface area (Å²) >= 11 is 0. The standard InChI is InChI=1S/C24H25F3N2O8/c1-3-4-5-6-7-10-35-17-12-19(37-18(17)14-36-22(32)24(25,26)27)28-13-15(2)20(30)29(23(28)33)21(31)16-9-8-11-34-16/h8-9,11,13,17-19H,3-5,10,12,14H2,1-2H3/t17-,18+,19+/m0/s1. The van der Waals surface area contributed by atoms with Crippen molar-refractivity contribution >= 4 is 11.9 Å². The van der Waals surface area contributed by atoms with Crippen molar-refractivity contribution in [3.05, 3.63) is 56.8 Å². The molecule has 0 aliphatic carbocycles. The quantitative estimate of drug-likeness (QED) is 0.293. The topological polar surface area (TPSA) is 119 Å². The first-order valence-corrected chi connectivity index (χ1v) is 11.4. The first-order chi connectivity index (χ1) is 17.5. The van der Waals surface area contributed by atoms with E-state index in [9.17, 15) is 32.3 Å². The Labute approximate surface area is 208 Å². The first kappa shape index (κ1) is 27.9. The third kappa shape index (κ3) is 6.78. The number of carbonyl (C=O) groups is 2.